The van der Waals surface area contributed by atoms with E-state index in [-0.39, 0.29) is 23.5 Å². The van der Waals surface area contributed by atoms with E-state index in [1.165, 1.54) is 0 Å². The van der Waals surface area contributed by atoms with Crippen molar-refractivity contribution < 1.29 is 4.79 Å². The Morgan fingerprint density at radius 2 is 1.86 bits per heavy atom. The number of hydrogen-bond donors (Lipinski definition) is 2. The molecule has 1 saturated heterocycles. The summed E-state index contributed by atoms with van der Waals surface area (Å²) in [5.74, 6) is 1.27. The maximum absolute atomic E-state index is 13.9. The summed E-state index contributed by atoms with van der Waals surface area (Å²) in [6, 6.07) is 14.3. The van der Waals surface area contributed by atoms with Crippen molar-refractivity contribution in [3.05, 3.63) is 75.3 Å². The van der Waals surface area contributed by atoms with Crippen LogP contribution in [0.5, 0.6) is 0 Å². The second-order valence-electron chi connectivity index (χ2n) is 8.90. The van der Waals surface area contributed by atoms with Crippen LogP contribution >= 0.6 is 11.6 Å². The zero-order valence-corrected chi connectivity index (χ0v) is 20.2. The van der Waals surface area contributed by atoms with Crippen LogP contribution in [0.2, 0.25) is 5.02 Å². The molecule has 1 atom stereocenters. The molecular weight excluding hydrogens is 480 g/mol. The van der Waals surface area contributed by atoms with Gasteiger partial charge in [0.15, 0.2) is 0 Å². The highest BCUT2D eigenvalue weighted by molar-refractivity contribution is 6.35. The number of benzene rings is 2. The van der Waals surface area contributed by atoms with Crippen LogP contribution in [0.1, 0.15) is 35.1 Å². The molecule has 182 valence electrons. The normalized spacial score (nSPS) is 17.4. The van der Waals surface area contributed by atoms with Gasteiger partial charge in [0.25, 0.3) is 11.5 Å². The topological polar surface area (TPSA) is 122 Å². The van der Waals surface area contributed by atoms with Crippen LogP contribution in [-0.4, -0.2) is 50.6 Å². The second-order valence-corrected chi connectivity index (χ2v) is 9.31. The molecule has 36 heavy (non-hydrogen) atoms. The predicted octanol–water partition coefficient (Wildman–Crippen LogP) is 3.21. The van der Waals surface area contributed by atoms with Crippen molar-refractivity contribution in [2.24, 2.45) is 0 Å². The molecule has 0 bridgehead atoms. The smallest absolute Gasteiger partial charge is 0.267 e. The number of nitrogens with one attached hydrogen (secondary N) is 1. The molecule has 2 aliphatic heterocycles. The number of nitrogens with two attached hydrogens (primary N) is 1. The summed E-state index contributed by atoms with van der Waals surface area (Å²) in [7, 11) is 1.71. The van der Waals surface area contributed by atoms with Crippen LogP contribution < -0.4 is 21.5 Å². The number of amides is 1. The SMILES string of the molecule is CN1CNc2nc(N)nc(N3CCC[C@H]3c3nc4cccc(Cl)c4c(=O)n3-c3ccccc3)c2C1=O. The van der Waals surface area contributed by atoms with Crippen LogP contribution in [0, 0.1) is 0 Å². The number of anilines is 3. The zero-order chi connectivity index (χ0) is 25.0. The van der Waals surface area contributed by atoms with Crippen molar-refractivity contribution >= 4 is 46.0 Å². The van der Waals surface area contributed by atoms with E-state index in [1.54, 1.807) is 34.7 Å². The Labute approximate surface area is 211 Å². The van der Waals surface area contributed by atoms with E-state index in [9.17, 15) is 9.59 Å². The van der Waals surface area contributed by atoms with Gasteiger partial charge in [-0.25, -0.2) is 4.98 Å². The van der Waals surface area contributed by atoms with Gasteiger partial charge in [0.1, 0.15) is 23.0 Å². The standard InChI is InChI=1S/C25H23ClN8O2/c1-32-13-28-20-19(23(32)35)22(31-25(27)30-20)33-12-6-11-17(33)21-29-16-10-5-9-15(26)18(16)24(36)34(21)14-7-3-2-4-8-14/h2-5,7-10,17H,6,11-13H2,1H3,(H3,27,28,30,31)/t17-/m0/s1. The Hall–Kier alpha value is -4.18. The molecule has 3 N–H and O–H groups in total. The summed E-state index contributed by atoms with van der Waals surface area (Å²) in [5, 5.41) is 3.85. The lowest BCUT2D eigenvalue weighted by Gasteiger charge is -2.32. The molecule has 0 saturated carbocycles. The van der Waals surface area contributed by atoms with Gasteiger partial charge in [0, 0.05) is 13.6 Å². The number of nitrogens with zero attached hydrogens (tertiary/aromatic N) is 6. The van der Waals surface area contributed by atoms with Gasteiger partial charge in [0.2, 0.25) is 5.95 Å². The maximum Gasteiger partial charge on any atom is 0.267 e. The fourth-order valence-electron chi connectivity index (χ4n) is 5.00. The van der Waals surface area contributed by atoms with Crippen molar-refractivity contribution in [2.75, 3.05) is 36.2 Å². The third-order valence-electron chi connectivity index (χ3n) is 6.66. The first kappa shape index (κ1) is 22.3. The number of nitrogen functional groups attached to an aromatic ring is 1. The summed E-state index contributed by atoms with van der Waals surface area (Å²) < 4.78 is 1.61. The highest BCUT2D eigenvalue weighted by Gasteiger charge is 2.37. The number of aromatic nitrogens is 4. The van der Waals surface area contributed by atoms with Crippen LogP contribution in [-0.2, 0) is 0 Å². The van der Waals surface area contributed by atoms with Gasteiger partial charge in [0.05, 0.1) is 34.3 Å². The summed E-state index contributed by atoms with van der Waals surface area (Å²) in [6.07, 6.45) is 1.53. The van der Waals surface area contributed by atoms with E-state index in [2.05, 4.69) is 15.3 Å². The second kappa shape index (κ2) is 8.49. The van der Waals surface area contributed by atoms with Crippen molar-refractivity contribution in [1.82, 2.24) is 24.4 Å². The van der Waals surface area contributed by atoms with Gasteiger partial charge in [-0.3, -0.25) is 14.2 Å². The minimum atomic E-state index is -0.334. The lowest BCUT2D eigenvalue weighted by molar-refractivity contribution is 0.0796. The number of halogens is 1. The molecule has 0 unspecified atom stereocenters. The molecular formula is C25H23ClN8O2. The molecule has 2 aliphatic rings. The molecule has 11 heteroatoms. The summed E-state index contributed by atoms with van der Waals surface area (Å²) in [5.41, 5.74) is 7.36. The van der Waals surface area contributed by atoms with Crippen LogP contribution in [0.15, 0.2) is 53.3 Å². The minimum Gasteiger partial charge on any atom is -0.368 e. The molecule has 6 rings (SSSR count). The maximum atomic E-state index is 13.9. The largest absolute Gasteiger partial charge is 0.368 e. The minimum absolute atomic E-state index is 0.0676. The highest BCUT2D eigenvalue weighted by Crippen LogP contribution is 2.40. The Balaban J connectivity index is 1.59. The summed E-state index contributed by atoms with van der Waals surface area (Å²) >= 11 is 6.44. The lowest BCUT2D eigenvalue weighted by Crippen LogP contribution is -2.40. The molecule has 2 aromatic carbocycles. The molecule has 0 spiro atoms. The van der Waals surface area contributed by atoms with Gasteiger partial charge in [-0.2, -0.15) is 9.97 Å². The number of carbonyl (C=O) groups is 1. The van der Waals surface area contributed by atoms with E-state index in [4.69, 9.17) is 22.3 Å². The predicted molar refractivity (Wildman–Crippen MR) is 139 cm³/mol. The highest BCUT2D eigenvalue weighted by atomic mass is 35.5. The Kier molecular flexibility index (Phi) is 5.26. The third-order valence-corrected chi connectivity index (χ3v) is 6.98. The Bertz CT molecular complexity index is 1570. The number of fused-ring (bicyclic) bond motifs is 2. The molecule has 0 aliphatic carbocycles. The first-order chi connectivity index (χ1) is 17.4. The van der Waals surface area contributed by atoms with E-state index < -0.39 is 0 Å². The average Bonchev–Trinajstić information content (AvgIpc) is 3.36. The van der Waals surface area contributed by atoms with Crippen LogP contribution in [0.4, 0.5) is 17.6 Å². The van der Waals surface area contributed by atoms with E-state index in [0.29, 0.717) is 64.3 Å². The van der Waals surface area contributed by atoms with Crippen molar-refractivity contribution in [2.45, 2.75) is 18.9 Å². The molecule has 1 fully saturated rings. The van der Waals surface area contributed by atoms with Gasteiger partial charge in [-0.15, -0.1) is 0 Å². The molecule has 0 radical (unpaired) electrons. The van der Waals surface area contributed by atoms with Gasteiger partial charge < -0.3 is 20.9 Å². The van der Waals surface area contributed by atoms with Crippen LogP contribution in [0.3, 0.4) is 0 Å². The Morgan fingerprint density at radius 1 is 1.06 bits per heavy atom. The lowest BCUT2D eigenvalue weighted by atomic mass is 10.1. The molecule has 4 heterocycles. The number of para-hydroxylation sites is 1. The van der Waals surface area contributed by atoms with Crippen molar-refractivity contribution in [1.29, 1.82) is 0 Å². The quantitative estimate of drug-likeness (QED) is 0.438. The first-order valence-electron chi connectivity index (χ1n) is 11.6. The molecule has 4 aromatic rings. The molecule has 10 nitrogen and oxygen atoms in total. The number of rotatable bonds is 3. The summed E-state index contributed by atoms with van der Waals surface area (Å²) in [4.78, 5) is 44.3. The van der Waals surface area contributed by atoms with Crippen molar-refractivity contribution in [3.63, 3.8) is 0 Å². The van der Waals surface area contributed by atoms with Crippen molar-refractivity contribution in [3.8, 4) is 5.69 Å². The van der Waals surface area contributed by atoms with Gasteiger partial charge >= 0.3 is 0 Å². The fraction of sp³-hybridized carbons (Fsp3) is 0.240. The molecule has 2 aromatic heterocycles. The van der Waals surface area contributed by atoms with E-state index >= 15 is 0 Å². The van der Waals surface area contributed by atoms with Gasteiger partial charge in [-0.05, 0) is 37.1 Å². The third kappa shape index (κ3) is 3.44. The van der Waals surface area contributed by atoms with Gasteiger partial charge in [-0.1, -0.05) is 35.9 Å². The average molecular weight is 503 g/mol. The number of carbonyl (C=O) groups excluding carboxylic acids is 1. The van der Waals surface area contributed by atoms with Crippen LogP contribution in [0.25, 0.3) is 16.6 Å². The fourth-order valence-corrected chi connectivity index (χ4v) is 5.25. The summed E-state index contributed by atoms with van der Waals surface area (Å²) in [6.45, 7) is 0.939. The zero-order valence-electron chi connectivity index (χ0n) is 19.5. The van der Waals surface area contributed by atoms with E-state index in [1.807, 2.05) is 35.2 Å². The van der Waals surface area contributed by atoms with E-state index in [0.717, 1.165) is 6.42 Å². The molecule has 1 amide bonds. The Morgan fingerprint density at radius 3 is 2.67 bits per heavy atom. The monoisotopic (exact) mass is 502 g/mol. The number of hydrogen-bond acceptors (Lipinski definition) is 8. The first-order valence-corrected chi connectivity index (χ1v) is 12.0.